The molecule has 1 aromatic carbocycles. The van der Waals surface area contributed by atoms with Crippen molar-refractivity contribution in [3.8, 4) is 0 Å². The fourth-order valence-corrected chi connectivity index (χ4v) is 2.15. The number of methoxy groups -OCH3 is 1. The Bertz CT molecular complexity index is 434. The Labute approximate surface area is 116 Å². The number of hydrogen-bond acceptors (Lipinski definition) is 2. The molecule has 2 unspecified atom stereocenters. The molecule has 20 heavy (non-hydrogen) atoms. The van der Waals surface area contributed by atoms with E-state index in [1.165, 1.54) is 6.07 Å². The van der Waals surface area contributed by atoms with Gasteiger partial charge < -0.3 is 10.1 Å². The fourth-order valence-electron chi connectivity index (χ4n) is 2.15. The minimum atomic E-state index is -4.67. The molecular formula is C14H19F4NO. The maximum absolute atomic E-state index is 13.6. The molecule has 2 atom stereocenters. The minimum Gasteiger partial charge on any atom is -0.384 e. The average molecular weight is 293 g/mol. The maximum atomic E-state index is 13.6. The van der Waals surface area contributed by atoms with Crippen LogP contribution in [0.3, 0.4) is 0 Å². The zero-order valence-electron chi connectivity index (χ0n) is 11.7. The topological polar surface area (TPSA) is 21.3 Å². The summed E-state index contributed by atoms with van der Waals surface area (Å²) in [5, 5.41) is 2.99. The normalized spacial score (nSPS) is 15.2. The summed E-state index contributed by atoms with van der Waals surface area (Å²) in [6, 6.07) is 2.84. The van der Waals surface area contributed by atoms with E-state index >= 15 is 0 Å². The number of hydrogen-bond donors (Lipinski definition) is 1. The molecule has 0 aliphatic carbocycles. The molecule has 0 heterocycles. The first-order valence-corrected chi connectivity index (χ1v) is 6.32. The summed E-state index contributed by atoms with van der Waals surface area (Å²) in [6.45, 7) is 2.51. The molecule has 0 saturated carbocycles. The van der Waals surface area contributed by atoms with Crippen LogP contribution in [0.25, 0.3) is 0 Å². The van der Waals surface area contributed by atoms with E-state index < -0.39 is 17.6 Å². The molecule has 0 saturated heterocycles. The van der Waals surface area contributed by atoms with Crippen molar-refractivity contribution in [3.63, 3.8) is 0 Å². The summed E-state index contributed by atoms with van der Waals surface area (Å²) in [7, 11) is 3.28. The predicted molar refractivity (Wildman–Crippen MR) is 68.9 cm³/mol. The van der Waals surface area contributed by atoms with Gasteiger partial charge in [-0.2, -0.15) is 13.2 Å². The Balaban J connectivity index is 2.92. The van der Waals surface area contributed by atoms with E-state index in [2.05, 4.69) is 5.32 Å². The summed E-state index contributed by atoms with van der Waals surface area (Å²) in [5.74, 6) is -1.03. The van der Waals surface area contributed by atoms with Gasteiger partial charge in [0.2, 0.25) is 0 Å². The van der Waals surface area contributed by atoms with E-state index in [9.17, 15) is 17.6 Å². The van der Waals surface area contributed by atoms with Gasteiger partial charge in [0.05, 0.1) is 5.56 Å². The third-order valence-electron chi connectivity index (χ3n) is 3.14. The molecule has 0 aromatic heterocycles. The molecule has 114 valence electrons. The van der Waals surface area contributed by atoms with Gasteiger partial charge in [-0.15, -0.1) is 0 Å². The van der Waals surface area contributed by atoms with Crippen LogP contribution in [-0.2, 0) is 10.9 Å². The molecule has 0 aliphatic heterocycles. The highest BCUT2D eigenvalue weighted by Crippen LogP contribution is 2.33. The molecule has 0 bridgehead atoms. The summed E-state index contributed by atoms with van der Waals surface area (Å²) in [6.07, 6.45) is -4.02. The Morgan fingerprint density at radius 3 is 2.40 bits per heavy atom. The molecule has 0 aliphatic rings. The standard InChI is InChI=1S/C14H19F4NO/c1-9(8-20-3)6-13(19-2)10-4-5-11(12(15)7-10)14(16,17)18/h4-5,7,9,13,19H,6,8H2,1-3H3. The molecule has 0 amide bonds. The van der Waals surface area contributed by atoms with Crippen molar-refractivity contribution in [3.05, 3.63) is 35.1 Å². The Hall–Kier alpha value is -1.14. The van der Waals surface area contributed by atoms with Crippen LogP contribution in [0.2, 0.25) is 0 Å². The minimum absolute atomic E-state index is 0.211. The van der Waals surface area contributed by atoms with Crippen LogP contribution >= 0.6 is 0 Å². The highest BCUT2D eigenvalue weighted by molar-refractivity contribution is 5.28. The summed E-state index contributed by atoms with van der Waals surface area (Å²) < 4.78 is 56.1. The highest BCUT2D eigenvalue weighted by atomic mass is 19.4. The third kappa shape index (κ3) is 4.45. The van der Waals surface area contributed by atoms with E-state index in [1.807, 2.05) is 6.92 Å². The number of nitrogens with one attached hydrogen (secondary N) is 1. The first-order chi connectivity index (χ1) is 9.29. The predicted octanol–water partition coefficient (Wildman–Crippen LogP) is 3.78. The van der Waals surface area contributed by atoms with E-state index in [0.717, 1.165) is 12.1 Å². The van der Waals surface area contributed by atoms with E-state index in [0.29, 0.717) is 18.6 Å². The van der Waals surface area contributed by atoms with E-state index in [4.69, 9.17) is 4.74 Å². The van der Waals surface area contributed by atoms with Crippen LogP contribution in [0.15, 0.2) is 18.2 Å². The van der Waals surface area contributed by atoms with Gasteiger partial charge in [0.15, 0.2) is 0 Å². The molecule has 1 aromatic rings. The largest absolute Gasteiger partial charge is 0.419 e. The quantitative estimate of drug-likeness (QED) is 0.806. The van der Waals surface area contributed by atoms with Crippen molar-refractivity contribution in [2.75, 3.05) is 20.8 Å². The fraction of sp³-hybridized carbons (Fsp3) is 0.571. The Kier molecular flexibility index (Phi) is 5.95. The van der Waals surface area contributed by atoms with E-state index in [-0.39, 0.29) is 12.0 Å². The Morgan fingerprint density at radius 1 is 1.30 bits per heavy atom. The van der Waals surface area contributed by atoms with Crippen molar-refractivity contribution in [2.45, 2.75) is 25.6 Å². The van der Waals surface area contributed by atoms with Crippen molar-refractivity contribution in [1.29, 1.82) is 0 Å². The van der Waals surface area contributed by atoms with Gasteiger partial charge in [0.1, 0.15) is 5.82 Å². The number of halogens is 4. The van der Waals surface area contributed by atoms with Crippen molar-refractivity contribution in [2.24, 2.45) is 5.92 Å². The third-order valence-corrected chi connectivity index (χ3v) is 3.14. The first-order valence-electron chi connectivity index (χ1n) is 6.32. The second-order valence-corrected chi connectivity index (χ2v) is 4.87. The smallest absolute Gasteiger partial charge is 0.384 e. The van der Waals surface area contributed by atoms with Gasteiger partial charge in [-0.3, -0.25) is 0 Å². The van der Waals surface area contributed by atoms with Crippen molar-refractivity contribution >= 4 is 0 Å². The van der Waals surface area contributed by atoms with Crippen molar-refractivity contribution in [1.82, 2.24) is 5.32 Å². The van der Waals surface area contributed by atoms with Crippen LogP contribution in [0, 0.1) is 11.7 Å². The van der Waals surface area contributed by atoms with Crippen LogP contribution in [0.4, 0.5) is 17.6 Å². The molecule has 0 radical (unpaired) electrons. The summed E-state index contributed by atoms with van der Waals surface area (Å²) in [4.78, 5) is 0. The SMILES string of the molecule is CNC(CC(C)COC)c1ccc(C(F)(F)F)c(F)c1. The highest BCUT2D eigenvalue weighted by Gasteiger charge is 2.34. The van der Waals surface area contributed by atoms with Gasteiger partial charge in [-0.05, 0) is 37.1 Å². The van der Waals surface area contributed by atoms with Crippen LogP contribution in [0.1, 0.15) is 30.5 Å². The van der Waals surface area contributed by atoms with Gasteiger partial charge in [-0.1, -0.05) is 13.0 Å². The first kappa shape index (κ1) is 16.9. The lowest BCUT2D eigenvalue weighted by Crippen LogP contribution is -2.21. The zero-order valence-corrected chi connectivity index (χ0v) is 11.7. The second kappa shape index (κ2) is 7.04. The number of alkyl halides is 3. The second-order valence-electron chi connectivity index (χ2n) is 4.87. The number of ether oxygens (including phenoxy) is 1. The molecular weight excluding hydrogens is 274 g/mol. The molecule has 0 fully saturated rings. The van der Waals surface area contributed by atoms with Gasteiger partial charge in [0.25, 0.3) is 0 Å². The molecule has 2 nitrogen and oxygen atoms in total. The summed E-state index contributed by atoms with van der Waals surface area (Å²) >= 11 is 0. The summed E-state index contributed by atoms with van der Waals surface area (Å²) in [5.41, 5.74) is -0.734. The lowest BCUT2D eigenvalue weighted by atomic mass is 9.95. The van der Waals surface area contributed by atoms with Gasteiger partial charge >= 0.3 is 6.18 Å². The molecule has 1 rings (SSSR count). The lowest BCUT2D eigenvalue weighted by molar-refractivity contribution is -0.140. The van der Waals surface area contributed by atoms with Crippen molar-refractivity contribution < 1.29 is 22.3 Å². The molecule has 0 spiro atoms. The number of benzene rings is 1. The van der Waals surface area contributed by atoms with E-state index in [1.54, 1.807) is 14.2 Å². The molecule has 6 heteroatoms. The average Bonchev–Trinajstić information content (AvgIpc) is 2.34. The zero-order chi connectivity index (χ0) is 15.3. The van der Waals surface area contributed by atoms with Gasteiger partial charge in [-0.25, -0.2) is 4.39 Å². The number of rotatable bonds is 6. The Morgan fingerprint density at radius 2 is 1.95 bits per heavy atom. The van der Waals surface area contributed by atoms with Crippen LogP contribution in [0.5, 0.6) is 0 Å². The maximum Gasteiger partial charge on any atom is 0.419 e. The molecule has 1 N–H and O–H groups in total. The van der Waals surface area contributed by atoms with Crippen LogP contribution in [-0.4, -0.2) is 20.8 Å². The monoisotopic (exact) mass is 293 g/mol. The lowest BCUT2D eigenvalue weighted by Gasteiger charge is -2.21. The van der Waals surface area contributed by atoms with Crippen LogP contribution < -0.4 is 5.32 Å². The van der Waals surface area contributed by atoms with Gasteiger partial charge in [0, 0.05) is 19.8 Å².